The molecule has 2 rings (SSSR count). The first-order valence-electron chi connectivity index (χ1n) is 7.71. The first-order valence-corrected chi connectivity index (χ1v) is 7.71. The van der Waals surface area contributed by atoms with E-state index in [1.54, 1.807) is 4.90 Å². The third kappa shape index (κ3) is 4.57. The fourth-order valence-electron chi connectivity index (χ4n) is 3.14. The van der Waals surface area contributed by atoms with Crippen LogP contribution in [0.3, 0.4) is 0 Å². The molecule has 1 heterocycles. The molecule has 0 aromatic carbocycles. The van der Waals surface area contributed by atoms with Crippen LogP contribution in [0.5, 0.6) is 0 Å². The highest BCUT2D eigenvalue weighted by Crippen LogP contribution is 2.25. The molecule has 1 saturated carbocycles. The standard InChI is InChI=1S/C14H25N3O4/c18-9-8-16-4-1-5-17(7-6-16)14(21)15-12-3-2-11(10-12)13(19)20/h11-12,18H,1-10H2,(H,15,21)(H,19,20). The Morgan fingerprint density at radius 1 is 1.14 bits per heavy atom. The number of carboxylic acid groups (broad SMARTS) is 1. The van der Waals surface area contributed by atoms with Crippen molar-refractivity contribution in [3.63, 3.8) is 0 Å². The van der Waals surface area contributed by atoms with Gasteiger partial charge in [0.05, 0.1) is 12.5 Å². The smallest absolute Gasteiger partial charge is 0.317 e. The Hall–Kier alpha value is -1.34. The zero-order valence-corrected chi connectivity index (χ0v) is 12.3. The van der Waals surface area contributed by atoms with Crippen LogP contribution >= 0.6 is 0 Å². The Labute approximate surface area is 124 Å². The van der Waals surface area contributed by atoms with Crippen molar-refractivity contribution in [1.82, 2.24) is 15.1 Å². The number of β-amino-alcohol motifs (C(OH)–C–C–N with tert-alkyl or cyclic N) is 1. The summed E-state index contributed by atoms with van der Waals surface area (Å²) in [5.74, 6) is -1.08. The molecule has 1 aliphatic carbocycles. The van der Waals surface area contributed by atoms with E-state index in [1.165, 1.54) is 0 Å². The fraction of sp³-hybridized carbons (Fsp3) is 0.857. The van der Waals surface area contributed by atoms with Gasteiger partial charge in [0.15, 0.2) is 0 Å². The average molecular weight is 299 g/mol. The van der Waals surface area contributed by atoms with Crippen molar-refractivity contribution in [2.45, 2.75) is 31.7 Å². The van der Waals surface area contributed by atoms with Gasteiger partial charge in [0.1, 0.15) is 0 Å². The number of carboxylic acids is 1. The van der Waals surface area contributed by atoms with Crippen molar-refractivity contribution in [2.75, 3.05) is 39.3 Å². The van der Waals surface area contributed by atoms with Crippen molar-refractivity contribution < 1.29 is 19.8 Å². The molecule has 2 atom stereocenters. The number of aliphatic carboxylic acids is 1. The maximum absolute atomic E-state index is 12.2. The fourth-order valence-corrected chi connectivity index (χ4v) is 3.14. The molecule has 7 nitrogen and oxygen atoms in total. The van der Waals surface area contributed by atoms with Gasteiger partial charge in [-0.3, -0.25) is 9.69 Å². The molecule has 2 unspecified atom stereocenters. The molecule has 2 aliphatic rings. The predicted molar refractivity (Wildman–Crippen MR) is 77.0 cm³/mol. The van der Waals surface area contributed by atoms with Crippen LogP contribution in [0.4, 0.5) is 4.79 Å². The molecule has 0 radical (unpaired) electrons. The van der Waals surface area contributed by atoms with Crippen molar-refractivity contribution in [3.05, 3.63) is 0 Å². The zero-order chi connectivity index (χ0) is 15.2. The lowest BCUT2D eigenvalue weighted by molar-refractivity contribution is -0.141. The van der Waals surface area contributed by atoms with Crippen molar-refractivity contribution >= 4 is 12.0 Å². The normalized spacial score (nSPS) is 27.4. The molecule has 3 N–H and O–H groups in total. The number of aliphatic hydroxyl groups excluding tert-OH is 1. The lowest BCUT2D eigenvalue weighted by Gasteiger charge is -2.24. The van der Waals surface area contributed by atoms with Crippen LogP contribution in [0, 0.1) is 5.92 Å². The van der Waals surface area contributed by atoms with E-state index in [4.69, 9.17) is 10.2 Å². The molecular formula is C14H25N3O4. The SMILES string of the molecule is O=C(O)C1CCC(NC(=O)N2CCCN(CCO)CC2)C1. The van der Waals surface area contributed by atoms with Gasteiger partial charge in [0.2, 0.25) is 0 Å². The van der Waals surface area contributed by atoms with Gasteiger partial charge < -0.3 is 20.4 Å². The van der Waals surface area contributed by atoms with E-state index in [9.17, 15) is 9.59 Å². The van der Waals surface area contributed by atoms with Gasteiger partial charge in [-0.2, -0.15) is 0 Å². The summed E-state index contributed by atoms with van der Waals surface area (Å²) in [4.78, 5) is 27.1. The summed E-state index contributed by atoms with van der Waals surface area (Å²) in [6, 6.07) is -0.104. The number of amides is 2. The predicted octanol–water partition coefficient (Wildman–Crippen LogP) is -0.0507. The first-order chi connectivity index (χ1) is 10.1. The van der Waals surface area contributed by atoms with Crippen LogP contribution in [0.25, 0.3) is 0 Å². The van der Waals surface area contributed by atoms with Crippen LogP contribution in [0.1, 0.15) is 25.7 Å². The summed E-state index contributed by atoms with van der Waals surface area (Å²) in [5.41, 5.74) is 0. The Bertz CT molecular complexity index is 377. The van der Waals surface area contributed by atoms with E-state index >= 15 is 0 Å². The Kier molecular flexibility index (Phi) is 5.81. The topological polar surface area (TPSA) is 93.1 Å². The van der Waals surface area contributed by atoms with Crippen molar-refractivity contribution in [1.29, 1.82) is 0 Å². The molecule has 0 bridgehead atoms. The maximum Gasteiger partial charge on any atom is 0.317 e. The van der Waals surface area contributed by atoms with Crippen LogP contribution in [0.2, 0.25) is 0 Å². The summed E-state index contributed by atoms with van der Waals surface area (Å²) in [7, 11) is 0. The number of hydrogen-bond donors (Lipinski definition) is 3. The molecule has 1 saturated heterocycles. The third-order valence-corrected chi connectivity index (χ3v) is 4.40. The van der Waals surface area contributed by atoms with E-state index in [0.29, 0.717) is 32.5 Å². The highest BCUT2D eigenvalue weighted by atomic mass is 16.4. The average Bonchev–Trinajstić information content (AvgIpc) is 2.78. The third-order valence-electron chi connectivity index (χ3n) is 4.40. The minimum absolute atomic E-state index is 0.0182. The molecule has 2 fully saturated rings. The minimum atomic E-state index is -0.763. The second-order valence-corrected chi connectivity index (χ2v) is 5.90. The first kappa shape index (κ1) is 16.0. The van der Waals surface area contributed by atoms with Gasteiger partial charge in [0, 0.05) is 32.2 Å². The second kappa shape index (κ2) is 7.61. The summed E-state index contributed by atoms with van der Waals surface area (Å²) in [6.07, 6.45) is 2.82. The van der Waals surface area contributed by atoms with Crippen LogP contribution in [-0.2, 0) is 4.79 Å². The van der Waals surface area contributed by atoms with Gasteiger partial charge in [-0.1, -0.05) is 0 Å². The summed E-state index contributed by atoms with van der Waals surface area (Å²) < 4.78 is 0. The molecule has 0 spiro atoms. The molecule has 21 heavy (non-hydrogen) atoms. The van der Waals surface area contributed by atoms with Gasteiger partial charge >= 0.3 is 12.0 Å². The number of carbonyl (C=O) groups is 2. The van der Waals surface area contributed by atoms with Crippen LogP contribution in [-0.4, -0.2) is 77.4 Å². The van der Waals surface area contributed by atoms with E-state index < -0.39 is 5.97 Å². The number of nitrogens with zero attached hydrogens (tertiary/aromatic N) is 2. The summed E-state index contributed by atoms with van der Waals surface area (Å²) in [6.45, 7) is 3.83. The van der Waals surface area contributed by atoms with E-state index in [2.05, 4.69) is 10.2 Å². The van der Waals surface area contributed by atoms with Gasteiger partial charge in [-0.15, -0.1) is 0 Å². The molecule has 120 valence electrons. The summed E-state index contributed by atoms with van der Waals surface area (Å²) in [5, 5.41) is 20.9. The Balaban J connectivity index is 1.77. The van der Waals surface area contributed by atoms with Crippen LogP contribution in [0.15, 0.2) is 0 Å². The summed E-state index contributed by atoms with van der Waals surface area (Å²) >= 11 is 0. The monoisotopic (exact) mass is 299 g/mol. The number of nitrogens with one attached hydrogen (secondary N) is 1. The van der Waals surface area contributed by atoms with Crippen molar-refractivity contribution in [2.24, 2.45) is 5.92 Å². The largest absolute Gasteiger partial charge is 0.481 e. The lowest BCUT2D eigenvalue weighted by Crippen LogP contribution is -2.45. The number of aliphatic hydroxyl groups is 1. The molecule has 2 amide bonds. The molecule has 0 aromatic rings. The minimum Gasteiger partial charge on any atom is -0.481 e. The lowest BCUT2D eigenvalue weighted by atomic mass is 10.1. The number of rotatable bonds is 4. The van der Waals surface area contributed by atoms with Gasteiger partial charge in [-0.05, 0) is 32.2 Å². The zero-order valence-electron chi connectivity index (χ0n) is 12.3. The second-order valence-electron chi connectivity index (χ2n) is 5.90. The number of carbonyl (C=O) groups excluding carboxylic acids is 1. The van der Waals surface area contributed by atoms with E-state index in [-0.39, 0.29) is 24.6 Å². The molecular weight excluding hydrogens is 274 g/mol. The van der Waals surface area contributed by atoms with Crippen LogP contribution < -0.4 is 5.32 Å². The molecule has 0 aromatic heterocycles. The van der Waals surface area contributed by atoms with Gasteiger partial charge in [0.25, 0.3) is 0 Å². The van der Waals surface area contributed by atoms with E-state index in [1.807, 2.05) is 0 Å². The quantitative estimate of drug-likeness (QED) is 0.677. The van der Waals surface area contributed by atoms with E-state index in [0.717, 1.165) is 25.9 Å². The maximum atomic E-state index is 12.2. The Morgan fingerprint density at radius 3 is 2.62 bits per heavy atom. The molecule has 7 heteroatoms. The van der Waals surface area contributed by atoms with Gasteiger partial charge in [-0.25, -0.2) is 4.79 Å². The van der Waals surface area contributed by atoms with Crippen molar-refractivity contribution in [3.8, 4) is 0 Å². The number of hydrogen-bond acceptors (Lipinski definition) is 4. The number of urea groups is 1. The highest BCUT2D eigenvalue weighted by molar-refractivity contribution is 5.75. The highest BCUT2D eigenvalue weighted by Gasteiger charge is 2.31. The Morgan fingerprint density at radius 2 is 1.95 bits per heavy atom. The molecule has 1 aliphatic heterocycles.